The lowest BCUT2D eigenvalue weighted by atomic mass is 10.2. The zero-order chi connectivity index (χ0) is 9.52. The number of hydrogen-bond donors (Lipinski definition) is 0. The number of thiocarbonyl (C=S) groups is 1. The molecule has 13 heavy (non-hydrogen) atoms. The Kier molecular flexibility index (Phi) is 5.80. The van der Waals surface area contributed by atoms with Gasteiger partial charge in [-0.2, -0.15) is 0 Å². The molecule has 1 aliphatic rings. The van der Waals surface area contributed by atoms with Gasteiger partial charge in [0.05, 0.1) is 6.61 Å². The molecular formula is C10H18OS2. The minimum Gasteiger partial charge on any atom is -0.479 e. The Morgan fingerprint density at radius 3 is 2.46 bits per heavy atom. The van der Waals surface area contributed by atoms with Crippen molar-refractivity contribution in [2.75, 3.05) is 6.61 Å². The lowest BCUT2D eigenvalue weighted by Gasteiger charge is -2.13. The first-order valence-electron chi connectivity index (χ1n) is 5.16. The molecule has 1 saturated carbocycles. The fourth-order valence-electron chi connectivity index (χ4n) is 1.65. The van der Waals surface area contributed by atoms with E-state index in [0.717, 1.165) is 9.63 Å². The Morgan fingerprint density at radius 1 is 1.31 bits per heavy atom. The normalized spacial score (nSPS) is 19.5. The first kappa shape index (κ1) is 11.3. The molecule has 0 aromatic heterocycles. The third-order valence-electron chi connectivity index (χ3n) is 2.33. The number of hydrogen-bond acceptors (Lipinski definition) is 3. The van der Waals surface area contributed by atoms with Gasteiger partial charge in [0.15, 0.2) is 0 Å². The largest absolute Gasteiger partial charge is 0.479 e. The average molecular weight is 218 g/mol. The smallest absolute Gasteiger partial charge is 0.220 e. The number of ether oxygens (including phenoxy) is 1. The van der Waals surface area contributed by atoms with Crippen LogP contribution in [0.2, 0.25) is 0 Å². The average Bonchev–Trinajstić information content (AvgIpc) is 2.33. The summed E-state index contributed by atoms with van der Waals surface area (Å²) in [5, 5.41) is 0.724. The van der Waals surface area contributed by atoms with E-state index in [2.05, 4.69) is 0 Å². The van der Waals surface area contributed by atoms with Gasteiger partial charge in [0.25, 0.3) is 0 Å². The minimum atomic E-state index is 0.707. The molecule has 0 atom stereocenters. The third-order valence-corrected chi connectivity index (χ3v) is 3.85. The van der Waals surface area contributed by atoms with Crippen LogP contribution in [-0.2, 0) is 4.74 Å². The molecule has 0 bridgehead atoms. The summed E-state index contributed by atoms with van der Waals surface area (Å²) in [7, 11) is 0. The standard InChI is InChI=1S/C10H18OS2/c1-2-11-10(12)13-9-7-5-3-4-6-8-9/h9H,2-8H2,1H3. The Labute approximate surface area is 90.6 Å². The van der Waals surface area contributed by atoms with Gasteiger partial charge in [-0.3, -0.25) is 0 Å². The summed E-state index contributed by atoms with van der Waals surface area (Å²) in [6, 6.07) is 0. The first-order valence-corrected chi connectivity index (χ1v) is 6.45. The lowest BCUT2D eigenvalue weighted by molar-refractivity contribution is 0.346. The van der Waals surface area contributed by atoms with Crippen LogP contribution in [0.25, 0.3) is 0 Å². The molecule has 0 amide bonds. The van der Waals surface area contributed by atoms with Crippen molar-refractivity contribution in [2.45, 2.75) is 50.7 Å². The van der Waals surface area contributed by atoms with E-state index < -0.39 is 0 Å². The topological polar surface area (TPSA) is 9.23 Å². The monoisotopic (exact) mass is 218 g/mol. The van der Waals surface area contributed by atoms with Gasteiger partial charge in [-0.05, 0) is 32.0 Å². The van der Waals surface area contributed by atoms with Crippen molar-refractivity contribution in [1.82, 2.24) is 0 Å². The molecule has 1 nitrogen and oxygen atoms in total. The van der Waals surface area contributed by atoms with E-state index in [1.165, 1.54) is 38.5 Å². The van der Waals surface area contributed by atoms with Crippen molar-refractivity contribution in [3.05, 3.63) is 0 Å². The molecule has 0 aromatic rings. The zero-order valence-electron chi connectivity index (χ0n) is 8.25. The molecule has 0 aliphatic heterocycles. The molecule has 1 fully saturated rings. The van der Waals surface area contributed by atoms with Gasteiger partial charge in [0, 0.05) is 5.25 Å². The van der Waals surface area contributed by atoms with E-state index in [9.17, 15) is 0 Å². The third kappa shape index (κ3) is 4.87. The Hall–Kier alpha value is 0.240. The molecule has 0 heterocycles. The van der Waals surface area contributed by atoms with Crippen LogP contribution in [0, 0.1) is 0 Å². The molecular weight excluding hydrogens is 200 g/mol. The van der Waals surface area contributed by atoms with Gasteiger partial charge < -0.3 is 4.74 Å². The molecule has 0 radical (unpaired) electrons. The number of rotatable bonds is 2. The second-order valence-corrected chi connectivity index (χ2v) is 5.32. The van der Waals surface area contributed by atoms with Crippen molar-refractivity contribution in [2.24, 2.45) is 0 Å². The highest BCUT2D eigenvalue weighted by Gasteiger charge is 2.14. The molecule has 0 saturated heterocycles. The predicted octanol–water partition coefficient (Wildman–Crippen LogP) is 3.76. The van der Waals surface area contributed by atoms with E-state index in [1.807, 2.05) is 6.92 Å². The highest BCUT2D eigenvalue weighted by atomic mass is 32.2. The summed E-state index contributed by atoms with van der Waals surface area (Å²) >= 11 is 6.89. The second kappa shape index (κ2) is 6.66. The summed E-state index contributed by atoms with van der Waals surface area (Å²) < 4.78 is 6.02. The van der Waals surface area contributed by atoms with E-state index in [0.29, 0.717) is 6.61 Å². The van der Waals surface area contributed by atoms with Crippen LogP contribution in [0.15, 0.2) is 0 Å². The zero-order valence-corrected chi connectivity index (χ0v) is 9.88. The summed E-state index contributed by atoms with van der Waals surface area (Å²) in [6.45, 7) is 2.69. The second-order valence-electron chi connectivity index (χ2n) is 3.41. The van der Waals surface area contributed by atoms with Gasteiger partial charge in [-0.15, -0.1) is 0 Å². The highest BCUT2D eigenvalue weighted by Crippen LogP contribution is 2.28. The van der Waals surface area contributed by atoms with Gasteiger partial charge in [-0.25, -0.2) is 0 Å². The Morgan fingerprint density at radius 2 is 1.92 bits per heavy atom. The van der Waals surface area contributed by atoms with E-state index in [4.69, 9.17) is 17.0 Å². The molecule has 0 unspecified atom stereocenters. The highest BCUT2D eigenvalue weighted by molar-refractivity contribution is 8.23. The lowest BCUT2D eigenvalue weighted by Crippen LogP contribution is -2.06. The van der Waals surface area contributed by atoms with Crippen molar-refractivity contribution in [1.29, 1.82) is 0 Å². The maximum Gasteiger partial charge on any atom is 0.220 e. The van der Waals surface area contributed by atoms with Crippen LogP contribution in [0.4, 0.5) is 0 Å². The summed E-state index contributed by atoms with van der Waals surface area (Å²) in [6.07, 6.45) is 8.17. The van der Waals surface area contributed by atoms with Gasteiger partial charge in [-0.1, -0.05) is 37.4 Å². The van der Waals surface area contributed by atoms with Crippen molar-refractivity contribution in [3.8, 4) is 0 Å². The van der Waals surface area contributed by atoms with Crippen molar-refractivity contribution >= 4 is 28.4 Å². The van der Waals surface area contributed by atoms with E-state index in [-0.39, 0.29) is 0 Å². The van der Waals surface area contributed by atoms with Crippen LogP contribution < -0.4 is 0 Å². The van der Waals surface area contributed by atoms with Crippen LogP contribution in [0.3, 0.4) is 0 Å². The molecule has 0 aromatic carbocycles. The summed E-state index contributed by atoms with van der Waals surface area (Å²) in [4.78, 5) is 0. The molecule has 3 heteroatoms. The molecule has 0 N–H and O–H groups in total. The van der Waals surface area contributed by atoms with E-state index >= 15 is 0 Å². The molecule has 1 aliphatic carbocycles. The SMILES string of the molecule is CCOC(=S)SC1CCCCCC1. The van der Waals surface area contributed by atoms with Crippen LogP contribution in [0.1, 0.15) is 45.4 Å². The van der Waals surface area contributed by atoms with Crippen LogP contribution in [0.5, 0.6) is 0 Å². The van der Waals surface area contributed by atoms with Crippen molar-refractivity contribution < 1.29 is 4.74 Å². The van der Waals surface area contributed by atoms with Crippen LogP contribution in [-0.4, -0.2) is 16.2 Å². The van der Waals surface area contributed by atoms with Gasteiger partial charge in [0.2, 0.25) is 4.38 Å². The Balaban J connectivity index is 2.21. The summed E-state index contributed by atoms with van der Waals surface area (Å²) in [5.74, 6) is 0. The molecule has 0 spiro atoms. The maximum absolute atomic E-state index is 5.28. The predicted molar refractivity (Wildman–Crippen MR) is 63.3 cm³/mol. The molecule has 76 valence electrons. The fourth-order valence-corrected chi connectivity index (χ4v) is 3.20. The quantitative estimate of drug-likeness (QED) is 0.516. The van der Waals surface area contributed by atoms with Crippen LogP contribution >= 0.6 is 24.0 Å². The first-order chi connectivity index (χ1) is 6.33. The fraction of sp³-hybridized carbons (Fsp3) is 0.900. The van der Waals surface area contributed by atoms with E-state index in [1.54, 1.807) is 11.8 Å². The summed E-state index contributed by atoms with van der Waals surface area (Å²) in [5.41, 5.74) is 0. The number of thioether (sulfide) groups is 1. The minimum absolute atomic E-state index is 0.707. The maximum atomic E-state index is 5.28. The van der Waals surface area contributed by atoms with Gasteiger partial charge in [0.1, 0.15) is 0 Å². The molecule has 1 rings (SSSR count). The Bertz CT molecular complexity index is 151. The van der Waals surface area contributed by atoms with Crippen molar-refractivity contribution in [3.63, 3.8) is 0 Å². The van der Waals surface area contributed by atoms with Gasteiger partial charge >= 0.3 is 0 Å².